The molecule has 0 bridgehead atoms. The van der Waals surface area contributed by atoms with Crippen molar-refractivity contribution in [1.29, 1.82) is 0 Å². The summed E-state index contributed by atoms with van der Waals surface area (Å²) in [6, 6.07) is 1.67. The second-order valence-corrected chi connectivity index (χ2v) is 5.87. The van der Waals surface area contributed by atoms with Crippen LogP contribution in [-0.2, 0) is 4.74 Å². The van der Waals surface area contributed by atoms with Crippen LogP contribution in [0.4, 0.5) is 0 Å². The Bertz CT molecular complexity index is 347. The molecule has 0 saturated heterocycles. The highest BCUT2D eigenvalue weighted by atomic mass is 79.9. The van der Waals surface area contributed by atoms with Crippen LogP contribution < -0.4 is 11.3 Å². The summed E-state index contributed by atoms with van der Waals surface area (Å²) in [6.45, 7) is 8.97. The van der Waals surface area contributed by atoms with E-state index < -0.39 is 0 Å². The summed E-state index contributed by atoms with van der Waals surface area (Å²) in [6.07, 6.45) is 1.56. The quantitative estimate of drug-likeness (QED) is 0.648. The smallest absolute Gasteiger partial charge is 0.138 e. The number of hydrogen-bond donors (Lipinski definition) is 2. The van der Waals surface area contributed by atoms with Gasteiger partial charge in [0.05, 0.1) is 16.8 Å². The molecule has 5 heteroatoms. The van der Waals surface area contributed by atoms with Gasteiger partial charge in [-0.1, -0.05) is 20.8 Å². The number of rotatable bonds is 5. The van der Waals surface area contributed by atoms with Gasteiger partial charge in [0.2, 0.25) is 0 Å². The van der Waals surface area contributed by atoms with Crippen molar-refractivity contribution in [2.75, 3.05) is 6.61 Å². The van der Waals surface area contributed by atoms with Crippen molar-refractivity contribution in [3.63, 3.8) is 0 Å². The van der Waals surface area contributed by atoms with Gasteiger partial charge in [-0.3, -0.25) is 5.84 Å². The Hall–Kier alpha value is -0.360. The lowest BCUT2D eigenvalue weighted by atomic mass is 9.84. The SMILES string of the molecule is CCOC(C(NN)c1occc1Br)C(C)(C)C. The molecule has 1 aromatic rings. The van der Waals surface area contributed by atoms with Crippen LogP contribution in [0.1, 0.15) is 39.5 Å². The zero-order chi connectivity index (χ0) is 13.1. The fraction of sp³-hybridized carbons (Fsp3) is 0.667. The van der Waals surface area contributed by atoms with Crippen molar-refractivity contribution in [2.45, 2.75) is 39.8 Å². The molecular weight excluding hydrogens is 284 g/mol. The first-order chi connectivity index (χ1) is 7.91. The predicted molar refractivity (Wildman–Crippen MR) is 71.3 cm³/mol. The molecule has 1 aromatic heterocycles. The van der Waals surface area contributed by atoms with E-state index in [0.29, 0.717) is 6.61 Å². The summed E-state index contributed by atoms with van der Waals surface area (Å²) in [7, 11) is 0. The van der Waals surface area contributed by atoms with Crippen molar-refractivity contribution < 1.29 is 9.15 Å². The van der Waals surface area contributed by atoms with Crippen LogP contribution in [0.5, 0.6) is 0 Å². The van der Waals surface area contributed by atoms with Crippen LogP contribution in [0.3, 0.4) is 0 Å². The van der Waals surface area contributed by atoms with Crippen LogP contribution in [-0.4, -0.2) is 12.7 Å². The van der Waals surface area contributed by atoms with Gasteiger partial charge in [0, 0.05) is 6.61 Å². The Morgan fingerprint density at radius 3 is 2.53 bits per heavy atom. The van der Waals surface area contributed by atoms with E-state index in [1.165, 1.54) is 0 Å². The van der Waals surface area contributed by atoms with E-state index in [9.17, 15) is 0 Å². The maximum atomic E-state index is 5.81. The second kappa shape index (κ2) is 6.00. The zero-order valence-corrected chi connectivity index (χ0v) is 12.4. The van der Waals surface area contributed by atoms with Crippen molar-refractivity contribution in [3.05, 3.63) is 22.6 Å². The van der Waals surface area contributed by atoms with Gasteiger partial charge in [-0.15, -0.1) is 0 Å². The summed E-state index contributed by atoms with van der Waals surface area (Å²) < 4.78 is 12.2. The molecule has 0 spiro atoms. The maximum Gasteiger partial charge on any atom is 0.138 e. The molecule has 3 N–H and O–H groups in total. The van der Waals surface area contributed by atoms with Crippen molar-refractivity contribution in [1.82, 2.24) is 5.43 Å². The molecule has 0 aromatic carbocycles. The molecule has 1 rings (SSSR count). The molecule has 4 nitrogen and oxygen atoms in total. The average Bonchev–Trinajstić information content (AvgIpc) is 2.63. The van der Waals surface area contributed by atoms with Crippen LogP contribution in [0, 0.1) is 5.41 Å². The second-order valence-electron chi connectivity index (χ2n) is 5.02. The predicted octanol–water partition coefficient (Wildman–Crippen LogP) is 3.00. The molecule has 0 amide bonds. The molecule has 2 atom stereocenters. The first-order valence-electron chi connectivity index (χ1n) is 5.72. The van der Waals surface area contributed by atoms with E-state index in [1.807, 2.05) is 13.0 Å². The summed E-state index contributed by atoms with van der Waals surface area (Å²) in [5.41, 5.74) is 2.75. The average molecular weight is 305 g/mol. The van der Waals surface area contributed by atoms with Gasteiger partial charge in [-0.25, -0.2) is 5.43 Å². The minimum Gasteiger partial charge on any atom is -0.466 e. The Labute approximate surface area is 111 Å². The topological polar surface area (TPSA) is 60.4 Å². The van der Waals surface area contributed by atoms with E-state index in [1.54, 1.807) is 6.26 Å². The van der Waals surface area contributed by atoms with Gasteiger partial charge in [0.1, 0.15) is 11.8 Å². The Morgan fingerprint density at radius 2 is 2.18 bits per heavy atom. The molecule has 98 valence electrons. The molecule has 0 aliphatic rings. The van der Waals surface area contributed by atoms with Gasteiger partial charge in [-0.2, -0.15) is 0 Å². The zero-order valence-electron chi connectivity index (χ0n) is 10.8. The molecule has 17 heavy (non-hydrogen) atoms. The summed E-state index contributed by atoms with van der Waals surface area (Å²) in [5, 5.41) is 0. The van der Waals surface area contributed by atoms with E-state index in [2.05, 4.69) is 42.1 Å². The molecule has 2 unspecified atom stereocenters. The van der Waals surface area contributed by atoms with E-state index in [0.717, 1.165) is 10.2 Å². The molecule has 0 fully saturated rings. The van der Waals surface area contributed by atoms with Crippen LogP contribution in [0.25, 0.3) is 0 Å². The third-order valence-electron chi connectivity index (χ3n) is 2.61. The summed E-state index contributed by atoms with van der Waals surface area (Å²) in [5.74, 6) is 6.41. The summed E-state index contributed by atoms with van der Waals surface area (Å²) in [4.78, 5) is 0. The standard InChI is InChI=1S/C12H21BrN2O2/c1-5-16-11(12(2,3)4)9(15-14)10-8(13)6-7-17-10/h6-7,9,11,15H,5,14H2,1-4H3. The number of hydrogen-bond acceptors (Lipinski definition) is 4. The Kier molecular flexibility index (Phi) is 5.19. The maximum absolute atomic E-state index is 5.81. The molecular formula is C12H21BrN2O2. The van der Waals surface area contributed by atoms with E-state index in [4.69, 9.17) is 15.0 Å². The van der Waals surface area contributed by atoms with Crippen molar-refractivity contribution in [2.24, 2.45) is 11.3 Å². The molecule has 0 radical (unpaired) electrons. The van der Waals surface area contributed by atoms with Gasteiger partial charge in [0.25, 0.3) is 0 Å². The monoisotopic (exact) mass is 304 g/mol. The fourth-order valence-electron chi connectivity index (χ4n) is 1.85. The highest BCUT2D eigenvalue weighted by molar-refractivity contribution is 9.10. The van der Waals surface area contributed by atoms with E-state index >= 15 is 0 Å². The number of nitrogens with two attached hydrogens (primary N) is 1. The first kappa shape index (κ1) is 14.7. The minimum atomic E-state index is -0.181. The van der Waals surface area contributed by atoms with Gasteiger partial charge in [0.15, 0.2) is 0 Å². The molecule has 0 saturated carbocycles. The lowest BCUT2D eigenvalue weighted by molar-refractivity contribution is -0.0411. The molecule has 1 heterocycles. The summed E-state index contributed by atoms with van der Waals surface area (Å²) >= 11 is 3.45. The molecule has 0 aliphatic carbocycles. The number of nitrogens with one attached hydrogen (secondary N) is 1. The molecule has 0 aliphatic heterocycles. The van der Waals surface area contributed by atoms with Crippen molar-refractivity contribution in [3.8, 4) is 0 Å². The third-order valence-corrected chi connectivity index (χ3v) is 3.26. The number of halogens is 1. The number of hydrazine groups is 1. The third kappa shape index (κ3) is 3.55. The van der Waals surface area contributed by atoms with Crippen molar-refractivity contribution >= 4 is 15.9 Å². The largest absolute Gasteiger partial charge is 0.466 e. The van der Waals surface area contributed by atoms with Gasteiger partial charge >= 0.3 is 0 Å². The highest BCUT2D eigenvalue weighted by Crippen LogP contribution is 2.35. The highest BCUT2D eigenvalue weighted by Gasteiger charge is 2.36. The Balaban J connectivity index is 3.02. The van der Waals surface area contributed by atoms with Gasteiger partial charge < -0.3 is 9.15 Å². The normalized spacial score (nSPS) is 15.9. The van der Waals surface area contributed by atoms with Gasteiger partial charge in [-0.05, 0) is 34.3 Å². The number of furan rings is 1. The van der Waals surface area contributed by atoms with E-state index in [-0.39, 0.29) is 17.6 Å². The van der Waals surface area contributed by atoms with Crippen LogP contribution in [0.15, 0.2) is 21.2 Å². The minimum absolute atomic E-state index is 0.0424. The fourth-order valence-corrected chi connectivity index (χ4v) is 2.30. The Morgan fingerprint density at radius 1 is 1.53 bits per heavy atom. The number of ether oxygens (including phenoxy) is 1. The van der Waals surface area contributed by atoms with Crippen LogP contribution >= 0.6 is 15.9 Å². The van der Waals surface area contributed by atoms with Crippen LogP contribution in [0.2, 0.25) is 0 Å². The lowest BCUT2D eigenvalue weighted by Crippen LogP contribution is -2.44. The lowest BCUT2D eigenvalue weighted by Gasteiger charge is -2.35. The first-order valence-corrected chi connectivity index (χ1v) is 6.51.